The molecule has 2 aromatic carbocycles. The lowest BCUT2D eigenvalue weighted by Gasteiger charge is -2.32. The lowest BCUT2D eigenvalue weighted by atomic mass is 9.60. The lowest BCUT2D eigenvalue weighted by Crippen LogP contribution is -2.41. The molecule has 2 aromatic heterocycles. The van der Waals surface area contributed by atoms with Crippen LogP contribution in [0.3, 0.4) is 0 Å². The molecule has 7 heteroatoms. The maximum absolute atomic E-state index is 13.6. The summed E-state index contributed by atoms with van der Waals surface area (Å²) < 4.78 is 15.3. The lowest BCUT2D eigenvalue weighted by molar-refractivity contribution is -0.116. The van der Waals surface area contributed by atoms with Crippen LogP contribution in [0.25, 0.3) is 21.8 Å². The first-order valence-electron chi connectivity index (χ1n) is 13.1. The van der Waals surface area contributed by atoms with Gasteiger partial charge < -0.3 is 19.2 Å². The minimum Gasteiger partial charge on any atom is -0.403 e. The second-order valence-corrected chi connectivity index (χ2v) is 11.1. The third-order valence-electron chi connectivity index (χ3n) is 8.23. The number of carbonyl (C=O) groups is 1. The molecular formula is C30H36BN3O3. The van der Waals surface area contributed by atoms with Crippen LogP contribution in [-0.2, 0) is 21.2 Å². The molecular weight excluding hydrogens is 461 g/mol. The summed E-state index contributed by atoms with van der Waals surface area (Å²) in [5, 5.41) is 5.33. The van der Waals surface area contributed by atoms with Crippen molar-refractivity contribution in [1.82, 2.24) is 9.55 Å². The minimum absolute atomic E-state index is 0.0668. The molecule has 2 atom stereocenters. The Balaban J connectivity index is 1.51. The predicted octanol–water partition coefficient (Wildman–Crippen LogP) is 6.71. The molecule has 1 aliphatic rings. The zero-order chi connectivity index (χ0) is 26.4. The van der Waals surface area contributed by atoms with E-state index in [1.807, 2.05) is 30.3 Å². The van der Waals surface area contributed by atoms with Crippen LogP contribution in [0.5, 0.6) is 0 Å². The van der Waals surface area contributed by atoms with Crippen molar-refractivity contribution in [3.8, 4) is 0 Å². The summed E-state index contributed by atoms with van der Waals surface area (Å²) in [5.41, 5.74) is 2.93. The Bertz CT molecular complexity index is 1420. The van der Waals surface area contributed by atoms with Crippen molar-refractivity contribution in [2.45, 2.75) is 70.4 Å². The standard InChI is InChI=1S/C30H36BN3O3/c1-7-21(23-19-34(6)26-16-9-8-14-22(23)26)24(31-36-29(2,3)30(4,5)37-31)18-27(35)33-25-15-10-12-20-13-11-17-32-28(20)25/h8-17,19,21,24H,7,18H2,1-6H3,(H,33,35)/t21-,24+/m0/s1. The third-order valence-corrected chi connectivity index (χ3v) is 8.23. The van der Waals surface area contributed by atoms with E-state index in [0.29, 0.717) is 5.69 Å². The number of aromatic nitrogens is 2. The summed E-state index contributed by atoms with van der Waals surface area (Å²) in [4.78, 5) is 18.1. The number of rotatable bonds is 7. The van der Waals surface area contributed by atoms with E-state index >= 15 is 0 Å². The number of hydrogen-bond donors (Lipinski definition) is 1. The molecule has 37 heavy (non-hydrogen) atoms. The Morgan fingerprint density at radius 3 is 2.46 bits per heavy atom. The van der Waals surface area contributed by atoms with Gasteiger partial charge in [-0.15, -0.1) is 0 Å². The van der Waals surface area contributed by atoms with Gasteiger partial charge in [0.2, 0.25) is 5.91 Å². The smallest absolute Gasteiger partial charge is 0.403 e. The van der Waals surface area contributed by atoms with Gasteiger partial charge in [-0.3, -0.25) is 9.78 Å². The largest absolute Gasteiger partial charge is 0.462 e. The molecule has 0 radical (unpaired) electrons. The second kappa shape index (κ2) is 9.62. The second-order valence-electron chi connectivity index (χ2n) is 11.1. The van der Waals surface area contributed by atoms with Crippen molar-refractivity contribution >= 4 is 40.5 Å². The molecule has 3 heterocycles. The first-order chi connectivity index (χ1) is 17.6. The fraction of sp³-hybridized carbons (Fsp3) is 0.400. The molecule has 6 nitrogen and oxygen atoms in total. The van der Waals surface area contributed by atoms with Gasteiger partial charge in [-0.2, -0.15) is 0 Å². The quantitative estimate of drug-likeness (QED) is 0.288. The summed E-state index contributed by atoms with van der Waals surface area (Å²) in [6.45, 7) is 10.4. The highest BCUT2D eigenvalue weighted by atomic mass is 16.7. The number of para-hydroxylation sites is 2. The zero-order valence-corrected chi connectivity index (χ0v) is 22.6. The Hall–Kier alpha value is -3.16. The number of nitrogens with one attached hydrogen (secondary N) is 1. The van der Waals surface area contributed by atoms with Gasteiger partial charge in [-0.25, -0.2) is 0 Å². The highest BCUT2D eigenvalue weighted by molar-refractivity contribution is 6.48. The molecule has 0 unspecified atom stereocenters. The number of fused-ring (bicyclic) bond motifs is 2. The number of nitrogens with zero attached hydrogens (tertiary/aromatic N) is 2. The summed E-state index contributed by atoms with van der Waals surface area (Å²) in [6.07, 6.45) is 5.07. The van der Waals surface area contributed by atoms with Gasteiger partial charge in [0.05, 0.1) is 22.4 Å². The SMILES string of the molecule is CC[C@@H](c1cn(C)c2ccccc12)[C@@H](CC(=O)Nc1cccc2cccnc12)B1OC(C)(C)C(C)(C)O1. The molecule has 1 aliphatic heterocycles. The fourth-order valence-electron chi connectivity index (χ4n) is 5.53. The minimum atomic E-state index is -0.509. The Morgan fingerprint density at radius 1 is 1.03 bits per heavy atom. The van der Waals surface area contributed by atoms with Crippen molar-refractivity contribution in [2.75, 3.05) is 5.32 Å². The molecule has 192 valence electrons. The molecule has 1 amide bonds. The van der Waals surface area contributed by atoms with E-state index in [0.717, 1.165) is 17.3 Å². The maximum atomic E-state index is 13.6. The highest BCUT2D eigenvalue weighted by Gasteiger charge is 2.55. The van der Waals surface area contributed by atoms with Crippen molar-refractivity contribution < 1.29 is 14.1 Å². The molecule has 0 aliphatic carbocycles. The van der Waals surface area contributed by atoms with E-state index in [2.05, 4.69) is 87.0 Å². The van der Waals surface area contributed by atoms with Gasteiger partial charge in [0.1, 0.15) is 0 Å². The molecule has 0 spiro atoms. The third kappa shape index (κ3) is 4.67. The summed E-state index contributed by atoms with van der Waals surface area (Å²) in [7, 11) is 1.56. The summed E-state index contributed by atoms with van der Waals surface area (Å²) in [5.74, 6) is -0.187. The number of amides is 1. The topological polar surface area (TPSA) is 65.4 Å². The highest BCUT2D eigenvalue weighted by Crippen LogP contribution is 2.48. The Morgan fingerprint density at radius 2 is 1.73 bits per heavy atom. The van der Waals surface area contributed by atoms with Gasteiger partial charge in [0.25, 0.3) is 0 Å². The molecule has 1 N–H and O–H groups in total. The van der Waals surface area contributed by atoms with E-state index in [4.69, 9.17) is 9.31 Å². The predicted molar refractivity (Wildman–Crippen MR) is 151 cm³/mol. The van der Waals surface area contributed by atoms with Gasteiger partial charge >= 0.3 is 7.12 Å². The van der Waals surface area contributed by atoms with Crippen LogP contribution in [0.4, 0.5) is 5.69 Å². The van der Waals surface area contributed by atoms with Crippen molar-refractivity contribution in [2.24, 2.45) is 7.05 Å². The van der Waals surface area contributed by atoms with Crippen LogP contribution in [0.15, 0.2) is 67.0 Å². The monoisotopic (exact) mass is 497 g/mol. The summed E-state index contributed by atoms with van der Waals surface area (Å²) >= 11 is 0. The fourth-order valence-corrected chi connectivity index (χ4v) is 5.53. The van der Waals surface area contributed by atoms with Gasteiger partial charge in [0.15, 0.2) is 0 Å². The van der Waals surface area contributed by atoms with E-state index < -0.39 is 18.3 Å². The van der Waals surface area contributed by atoms with Crippen LogP contribution in [0, 0.1) is 0 Å². The maximum Gasteiger partial charge on any atom is 0.462 e. The van der Waals surface area contributed by atoms with Crippen molar-refractivity contribution in [1.29, 1.82) is 0 Å². The molecule has 1 saturated heterocycles. The van der Waals surface area contributed by atoms with E-state index in [9.17, 15) is 4.79 Å². The van der Waals surface area contributed by atoms with Gasteiger partial charge in [0, 0.05) is 48.0 Å². The molecule has 0 bridgehead atoms. The number of benzene rings is 2. The van der Waals surface area contributed by atoms with Crippen LogP contribution >= 0.6 is 0 Å². The normalized spacial score (nSPS) is 18.3. The van der Waals surface area contributed by atoms with E-state index in [1.54, 1.807) is 6.20 Å². The van der Waals surface area contributed by atoms with Crippen molar-refractivity contribution in [3.05, 3.63) is 72.6 Å². The average molecular weight is 497 g/mol. The number of anilines is 1. The first-order valence-corrected chi connectivity index (χ1v) is 13.1. The van der Waals surface area contributed by atoms with Gasteiger partial charge in [-0.1, -0.05) is 43.3 Å². The number of hydrogen-bond acceptors (Lipinski definition) is 4. The number of aryl methyl sites for hydroxylation is 1. The first kappa shape index (κ1) is 25.5. The van der Waals surface area contributed by atoms with Gasteiger partial charge in [-0.05, 0) is 63.8 Å². The van der Waals surface area contributed by atoms with E-state index in [1.165, 1.54) is 16.5 Å². The molecule has 4 aromatic rings. The van der Waals surface area contributed by atoms with Crippen molar-refractivity contribution in [3.63, 3.8) is 0 Å². The molecule has 5 rings (SSSR count). The zero-order valence-electron chi connectivity index (χ0n) is 22.6. The van der Waals surface area contributed by atoms with Crippen LogP contribution in [0.2, 0.25) is 5.82 Å². The van der Waals surface area contributed by atoms with Crippen LogP contribution in [0.1, 0.15) is 58.9 Å². The average Bonchev–Trinajstić information content (AvgIpc) is 3.30. The van der Waals surface area contributed by atoms with E-state index in [-0.39, 0.29) is 24.1 Å². The van der Waals surface area contributed by atoms with Crippen LogP contribution in [-0.4, -0.2) is 33.8 Å². The number of pyridine rings is 1. The summed E-state index contributed by atoms with van der Waals surface area (Å²) in [6, 6.07) is 18.2. The number of carbonyl (C=O) groups excluding carboxylic acids is 1. The Kier molecular flexibility index (Phi) is 6.63. The molecule has 0 saturated carbocycles. The Labute approximate surface area is 219 Å². The van der Waals surface area contributed by atoms with Crippen LogP contribution < -0.4 is 5.32 Å². The molecule has 1 fully saturated rings.